The fourth-order valence-electron chi connectivity index (χ4n) is 2.63. The molecule has 1 atom stereocenters. The molecule has 0 aliphatic rings. The highest BCUT2D eigenvalue weighted by atomic mass is 79.9. The van der Waals surface area contributed by atoms with Gasteiger partial charge in [0.25, 0.3) is 0 Å². The van der Waals surface area contributed by atoms with Gasteiger partial charge in [0.05, 0.1) is 0 Å². The molecule has 0 aliphatic carbocycles. The number of aliphatic hydroxyl groups is 1. The summed E-state index contributed by atoms with van der Waals surface area (Å²) in [5, 5.41) is 12.3. The molecule has 0 amide bonds. The van der Waals surface area contributed by atoms with E-state index in [1.807, 2.05) is 55.6 Å². The SMILES string of the molecule is CCC(O)(c1cccc(Br)c1)c1ccc2[nH]ccc2c1. The lowest BCUT2D eigenvalue weighted by Gasteiger charge is -2.28. The van der Waals surface area contributed by atoms with Crippen LogP contribution < -0.4 is 0 Å². The lowest BCUT2D eigenvalue weighted by atomic mass is 9.84. The highest BCUT2D eigenvalue weighted by Crippen LogP contribution is 2.35. The molecule has 0 fully saturated rings. The van der Waals surface area contributed by atoms with Gasteiger partial charge in [-0.2, -0.15) is 0 Å². The third-order valence-corrected chi connectivity index (χ3v) is 4.34. The van der Waals surface area contributed by atoms with Crippen molar-refractivity contribution in [1.82, 2.24) is 4.98 Å². The highest BCUT2D eigenvalue weighted by molar-refractivity contribution is 9.10. The summed E-state index contributed by atoms with van der Waals surface area (Å²) in [4.78, 5) is 3.18. The third kappa shape index (κ3) is 2.17. The molecule has 2 aromatic carbocycles. The van der Waals surface area contributed by atoms with Crippen LogP contribution in [0.25, 0.3) is 10.9 Å². The van der Waals surface area contributed by atoms with Crippen LogP contribution >= 0.6 is 15.9 Å². The lowest BCUT2D eigenvalue weighted by molar-refractivity contribution is 0.0766. The Morgan fingerprint density at radius 2 is 1.90 bits per heavy atom. The van der Waals surface area contributed by atoms with Crippen LogP contribution in [0, 0.1) is 0 Å². The maximum Gasteiger partial charge on any atom is 0.114 e. The van der Waals surface area contributed by atoms with Crippen molar-refractivity contribution in [1.29, 1.82) is 0 Å². The largest absolute Gasteiger partial charge is 0.380 e. The zero-order chi connectivity index (χ0) is 14.2. The van der Waals surface area contributed by atoms with E-state index in [1.54, 1.807) is 0 Å². The first kappa shape index (κ1) is 13.4. The van der Waals surface area contributed by atoms with E-state index in [-0.39, 0.29) is 0 Å². The average molecular weight is 330 g/mol. The van der Waals surface area contributed by atoms with Crippen LogP contribution in [-0.2, 0) is 5.60 Å². The molecule has 0 radical (unpaired) electrons. The molecular weight excluding hydrogens is 314 g/mol. The molecule has 0 aliphatic heterocycles. The first-order valence-electron chi connectivity index (χ1n) is 6.69. The van der Waals surface area contributed by atoms with Gasteiger partial charge < -0.3 is 10.1 Å². The standard InChI is InChI=1S/C17H16BrNO/c1-2-17(20,13-4-3-5-15(18)11-13)14-6-7-16-12(10-14)8-9-19-16/h3-11,19-20H,2H2,1H3. The van der Waals surface area contributed by atoms with Gasteiger partial charge >= 0.3 is 0 Å². The summed E-state index contributed by atoms with van der Waals surface area (Å²) < 4.78 is 0.976. The van der Waals surface area contributed by atoms with Gasteiger partial charge in [0.2, 0.25) is 0 Å². The molecule has 1 heterocycles. The van der Waals surface area contributed by atoms with E-state index in [9.17, 15) is 5.11 Å². The van der Waals surface area contributed by atoms with E-state index in [0.29, 0.717) is 6.42 Å². The lowest BCUT2D eigenvalue weighted by Crippen LogP contribution is -2.26. The molecule has 1 aromatic heterocycles. The number of benzene rings is 2. The second-order valence-electron chi connectivity index (χ2n) is 5.00. The zero-order valence-corrected chi connectivity index (χ0v) is 12.8. The van der Waals surface area contributed by atoms with Crippen molar-refractivity contribution in [2.75, 3.05) is 0 Å². The summed E-state index contributed by atoms with van der Waals surface area (Å²) >= 11 is 3.47. The Morgan fingerprint density at radius 3 is 2.65 bits per heavy atom. The van der Waals surface area contributed by atoms with Gasteiger partial charge in [0.15, 0.2) is 0 Å². The summed E-state index contributed by atoms with van der Waals surface area (Å²) in [5.74, 6) is 0. The maximum atomic E-state index is 11.2. The van der Waals surface area contributed by atoms with E-state index in [4.69, 9.17) is 0 Å². The minimum atomic E-state index is -0.963. The molecule has 3 rings (SSSR count). The summed E-state index contributed by atoms with van der Waals surface area (Å²) in [5.41, 5.74) is 1.95. The smallest absolute Gasteiger partial charge is 0.114 e. The summed E-state index contributed by atoms with van der Waals surface area (Å²) in [6.45, 7) is 2.00. The van der Waals surface area contributed by atoms with Crippen molar-refractivity contribution in [2.45, 2.75) is 18.9 Å². The van der Waals surface area contributed by atoms with Crippen molar-refractivity contribution in [2.24, 2.45) is 0 Å². The van der Waals surface area contributed by atoms with Crippen molar-refractivity contribution in [3.63, 3.8) is 0 Å². The number of H-pyrrole nitrogens is 1. The summed E-state index contributed by atoms with van der Waals surface area (Å²) in [6, 6.07) is 15.9. The minimum absolute atomic E-state index is 0.624. The van der Waals surface area contributed by atoms with Crippen LogP contribution in [0.2, 0.25) is 0 Å². The van der Waals surface area contributed by atoms with E-state index < -0.39 is 5.60 Å². The topological polar surface area (TPSA) is 36.0 Å². The van der Waals surface area contributed by atoms with Crippen LogP contribution in [0.3, 0.4) is 0 Å². The average Bonchev–Trinajstić information content (AvgIpc) is 2.93. The Kier molecular flexibility index (Phi) is 3.40. The Morgan fingerprint density at radius 1 is 1.10 bits per heavy atom. The molecule has 0 saturated heterocycles. The van der Waals surface area contributed by atoms with E-state index in [0.717, 1.165) is 26.5 Å². The van der Waals surface area contributed by atoms with Crippen molar-refractivity contribution >= 4 is 26.8 Å². The van der Waals surface area contributed by atoms with Crippen molar-refractivity contribution in [3.05, 3.63) is 70.3 Å². The molecule has 2 N–H and O–H groups in total. The van der Waals surface area contributed by atoms with Crippen molar-refractivity contribution in [3.8, 4) is 0 Å². The van der Waals surface area contributed by atoms with E-state index in [2.05, 4.69) is 27.0 Å². The number of hydrogen-bond donors (Lipinski definition) is 2. The number of halogens is 1. The van der Waals surface area contributed by atoms with E-state index >= 15 is 0 Å². The number of aromatic amines is 1. The van der Waals surface area contributed by atoms with Crippen molar-refractivity contribution < 1.29 is 5.11 Å². The fourth-order valence-corrected chi connectivity index (χ4v) is 3.03. The maximum absolute atomic E-state index is 11.2. The Balaban J connectivity index is 2.16. The van der Waals surface area contributed by atoms with Gasteiger partial charge in [-0.05, 0) is 53.3 Å². The highest BCUT2D eigenvalue weighted by Gasteiger charge is 2.29. The third-order valence-electron chi connectivity index (χ3n) is 3.84. The second kappa shape index (κ2) is 5.08. The van der Waals surface area contributed by atoms with Crippen LogP contribution in [0.4, 0.5) is 0 Å². The Bertz CT molecular complexity index is 749. The molecule has 3 heteroatoms. The Labute approximate surface area is 126 Å². The predicted octanol–water partition coefficient (Wildman–Crippen LogP) is 4.58. The van der Waals surface area contributed by atoms with Gasteiger partial charge in [-0.25, -0.2) is 0 Å². The van der Waals surface area contributed by atoms with Crippen LogP contribution in [-0.4, -0.2) is 10.1 Å². The molecule has 3 aromatic rings. The van der Waals surface area contributed by atoms with Crippen LogP contribution in [0.15, 0.2) is 59.2 Å². The normalized spacial score (nSPS) is 14.3. The first-order chi connectivity index (χ1) is 9.63. The molecular formula is C17H16BrNO. The molecule has 1 unspecified atom stereocenters. The predicted molar refractivity (Wildman–Crippen MR) is 85.7 cm³/mol. The number of aromatic nitrogens is 1. The molecule has 0 bridgehead atoms. The van der Waals surface area contributed by atoms with Crippen LogP contribution in [0.5, 0.6) is 0 Å². The van der Waals surface area contributed by atoms with Crippen LogP contribution in [0.1, 0.15) is 24.5 Å². The van der Waals surface area contributed by atoms with Gasteiger partial charge in [0, 0.05) is 16.2 Å². The molecule has 2 nitrogen and oxygen atoms in total. The molecule has 102 valence electrons. The van der Waals surface area contributed by atoms with Gasteiger partial charge in [0.1, 0.15) is 5.60 Å². The number of fused-ring (bicyclic) bond motifs is 1. The zero-order valence-electron chi connectivity index (χ0n) is 11.2. The minimum Gasteiger partial charge on any atom is -0.380 e. The first-order valence-corrected chi connectivity index (χ1v) is 7.49. The molecule has 0 spiro atoms. The summed E-state index contributed by atoms with van der Waals surface area (Å²) in [7, 11) is 0. The monoisotopic (exact) mass is 329 g/mol. The number of hydrogen-bond acceptors (Lipinski definition) is 1. The van der Waals surface area contributed by atoms with Gasteiger partial charge in [-0.3, -0.25) is 0 Å². The summed E-state index contributed by atoms with van der Waals surface area (Å²) in [6.07, 6.45) is 2.54. The quantitative estimate of drug-likeness (QED) is 0.725. The van der Waals surface area contributed by atoms with Gasteiger partial charge in [-0.1, -0.05) is 41.1 Å². The van der Waals surface area contributed by atoms with Gasteiger partial charge in [-0.15, -0.1) is 0 Å². The van der Waals surface area contributed by atoms with E-state index in [1.165, 1.54) is 0 Å². The number of nitrogens with one attached hydrogen (secondary N) is 1. The fraction of sp³-hybridized carbons (Fsp3) is 0.176. The molecule has 20 heavy (non-hydrogen) atoms. The molecule has 0 saturated carbocycles. The Hall–Kier alpha value is -1.58. The number of rotatable bonds is 3. The second-order valence-corrected chi connectivity index (χ2v) is 5.92.